The van der Waals surface area contributed by atoms with Crippen LogP contribution in [0.15, 0.2) is 0 Å². The van der Waals surface area contributed by atoms with E-state index in [1.54, 1.807) is 0 Å². The molecular formula is C7H14N2O2. The van der Waals surface area contributed by atoms with Crippen molar-refractivity contribution in [2.75, 3.05) is 13.2 Å². The molecule has 1 fully saturated rings. The minimum atomic E-state index is 0.0148. The first kappa shape index (κ1) is 8.49. The minimum absolute atomic E-state index is 0.0148. The second-order valence-corrected chi connectivity index (χ2v) is 2.60. The molecule has 1 aliphatic carbocycles. The maximum Gasteiger partial charge on any atom is 0.236 e. The molecule has 0 aromatic carbocycles. The van der Waals surface area contributed by atoms with Crippen LogP contribution >= 0.6 is 0 Å². The summed E-state index contributed by atoms with van der Waals surface area (Å²) in [5.41, 5.74) is 2.56. The van der Waals surface area contributed by atoms with Crippen molar-refractivity contribution in [1.82, 2.24) is 10.8 Å². The second-order valence-electron chi connectivity index (χ2n) is 2.60. The monoisotopic (exact) mass is 158 g/mol. The van der Waals surface area contributed by atoms with Crippen LogP contribution in [-0.4, -0.2) is 25.1 Å². The summed E-state index contributed by atoms with van der Waals surface area (Å²) >= 11 is 0. The number of nitrogens with one attached hydrogen (secondary N) is 2. The van der Waals surface area contributed by atoms with Crippen LogP contribution in [0, 0.1) is 0 Å². The zero-order chi connectivity index (χ0) is 8.10. The third kappa shape index (κ3) is 3.95. The molecule has 0 heterocycles. The van der Waals surface area contributed by atoms with E-state index >= 15 is 0 Å². The number of hydroxylamine groups is 1. The van der Waals surface area contributed by atoms with E-state index in [0.717, 1.165) is 12.8 Å². The zero-order valence-corrected chi connectivity index (χ0v) is 6.72. The lowest BCUT2D eigenvalue weighted by atomic mass is 10.5. The number of rotatable bonds is 5. The first-order chi connectivity index (χ1) is 5.33. The third-order valence-electron chi connectivity index (χ3n) is 1.42. The number of hydrogen-bond donors (Lipinski definition) is 2. The van der Waals surface area contributed by atoms with Crippen molar-refractivity contribution in [2.24, 2.45) is 0 Å². The van der Waals surface area contributed by atoms with E-state index in [4.69, 9.17) is 4.84 Å². The number of carbonyl (C=O) groups is 1. The summed E-state index contributed by atoms with van der Waals surface area (Å²) in [6.07, 6.45) is 2.25. The number of carbonyl (C=O) groups excluding carboxylic acids is 1. The van der Waals surface area contributed by atoms with Crippen LogP contribution in [0.25, 0.3) is 0 Å². The van der Waals surface area contributed by atoms with E-state index in [1.165, 1.54) is 0 Å². The SMILES string of the molecule is CCONCC(=O)NC1CC1. The van der Waals surface area contributed by atoms with E-state index in [0.29, 0.717) is 12.6 Å². The summed E-state index contributed by atoms with van der Waals surface area (Å²) in [5.74, 6) is 0.0148. The Hall–Kier alpha value is -0.610. The lowest BCUT2D eigenvalue weighted by Crippen LogP contribution is -2.35. The first-order valence-corrected chi connectivity index (χ1v) is 3.97. The van der Waals surface area contributed by atoms with Crippen LogP contribution in [0.2, 0.25) is 0 Å². The normalized spacial score (nSPS) is 16.5. The molecule has 0 aromatic rings. The van der Waals surface area contributed by atoms with Crippen LogP contribution in [0.5, 0.6) is 0 Å². The average molecular weight is 158 g/mol. The Morgan fingerprint density at radius 2 is 2.36 bits per heavy atom. The van der Waals surface area contributed by atoms with Gasteiger partial charge in [-0.15, -0.1) is 0 Å². The Labute approximate surface area is 66.3 Å². The smallest absolute Gasteiger partial charge is 0.236 e. The van der Waals surface area contributed by atoms with Gasteiger partial charge in [0.25, 0.3) is 0 Å². The van der Waals surface area contributed by atoms with E-state index in [2.05, 4.69) is 10.8 Å². The lowest BCUT2D eigenvalue weighted by Gasteiger charge is -2.03. The fourth-order valence-electron chi connectivity index (χ4n) is 0.725. The predicted molar refractivity (Wildman–Crippen MR) is 40.8 cm³/mol. The molecule has 11 heavy (non-hydrogen) atoms. The Kier molecular flexibility index (Phi) is 3.32. The Balaban J connectivity index is 1.92. The summed E-state index contributed by atoms with van der Waals surface area (Å²) in [4.78, 5) is 15.7. The summed E-state index contributed by atoms with van der Waals surface area (Å²) in [7, 11) is 0. The van der Waals surface area contributed by atoms with Crippen LogP contribution in [0.1, 0.15) is 19.8 Å². The molecule has 4 nitrogen and oxygen atoms in total. The quantitative estimate of drug-likeness (QED) is 0.430. The fraction of sp³-hybridized carbons (Fsp3) is 0.857. The fourth-order valence-corrected chi connectivity index (χ4v) is 0.725. The largest absolute Gasteiger partial charge is 0.352 e. The van der Waals surface area contributed by atoms with Crippen LogP contribution in [-0.2, 0) is 9.63 Å². The molecule has 0 spiro atoms. The standard InChI is InChI=1S/C7H14N2O2/c1-2-11-8-5-7(10)9-6-3-4-6/h6,8H,2-5H2,1H3,(H,9,10). The highest BCUT2D eigenvalue weighted by Crippen LogP contribution is 2.17. The summed E-state index contributed by atoms with van der Waals surface area (Å²) < 4.78 is 0. The average Bonchev–Trinajstić information content (AvgIpc) is 2.72. The summed E-state index contributed by atoms with van der Waals surface area (Å²) in [5, 5.41) is 2.83. The van der Waals surface area contributed by atoms with Gasteiger partial charge in [-0.3, -0.25) is 4.79 Å². The highest BCUT2D eigenvalue weighted by Gasteiger charge is 2.22. The van der Waals surface area contributed by atoms with Crippen molar-refractivity contribution in [1.29, 1.82) is 0 Å². The molecule has 1 aliphatic rings. The molecule has 1 amide bonds. The number of amides is 1. The van der Waals surface area contributed by atoms with Crippen molar-refractivity contribution < 1.29 is 9.63 Å². The highest BCUT2D eigenvalue weighted by atomic mass is 16.6. The Morgan fingerprint density at radius 3 is 2.91 bits per heavy atom. The van der Waals surface area contributed by atoms with Gasteiger partial charge in [0.1, 0.15) is 0 Å². The van der Waals surface area contributed by atoms with E-state index in [1.807, 2.05) is 6.92 Å². The van der Waals surface area contributed by atoms with Crippen molar-refractivity contribution in [3.05, 3.63) is 0 Å². The molecule has 0 bridgehead atoms. The van der Waals surface area contributed by atoms with Gasteiger partial charge in [-0.25, -0.2) is 0 Å². The molecule has 1 rings (SSSR count). The van der Waals surface area contributed by atoms with Crippen molar-refractivity contribution in [3.8, 4) is 0 Å². The van der Waals surface area contributed by atoms with Crippen LogP contribution in [0.4, 0.5) is 0 Å². The van der Waals surface area contributed by atoms with Gasteiger partial charge in [-0.1, -0.05) is 0 Å². The molecule has 2 N–H and O–H groups in total. The second kappa shape index (κ2) is 4.31. The molecule has 0 aliphatic heterocycles. The summed E-state index contributed by atoms with van der Waals surface area (Å²) in [6, 6.07) is 0.436. The van der Waals surface area contributed by atoms with Gasteiger partial charge in [0.05, 0.1) is 13.2 Å². The van der Waals surface area contributed by atoms with E-state index in [9.17, 15) is 4.79 Å². The molecule has 0 atom stereocenters. The summed E-state index contributed by atoms with van der Waals surface area (Å²) in [6.45, 7) is 2.70. The number of hydrogen-bond acceptors (Lipinski definition) is 3. The van der Waals surface area contributed by atoms with Gasteiger partial charge in [0.15, 0.2) is 0 Å². The highest BCUT2D eigenvalue weighted by molar-refractivity contribution is 5.78. The molecule has 0 radical (unpaired) electrons. The van der Waals surface area contributed by atoms with Crippen LogP contribution in [0.3, 0.4) is 0 Å². The van der Waals surface area contributed by atoms with Gasteiger partial charge < -0.3 is 10.2 Å². The topological polar surface area (TPSA) is 50.4 Å². The minimum Gasteiger partial charge on any atom is -0.352 e. The zero-order valence-electron chi connectivity index (χ0n) is 6.72. The van der Waals surface area contributed by atoms with E-state index in [-0.39, 0.29) is 12.5 Å². The van der Waals surface area contributed by atoms with Crippen LogP contribution < -0.4 is 10.8 Å². The van der Waals surface area contributed by atoms with Gasteiger partial charge in [0.2, 0.25) is 5.91 Å². The predicted octanol–water partition coefficient (Wildman–Crippen LogP) is -0.194. The molecule has 4 heteroatoms. The van der Waals surface area contributed by atoms with Crippen molar-refractivity contribution >= 4 is 5.91 Å². The molecule has 0 unspecified atom stereocenters. The molecule has 64 valence electrons. The molecule has 0 saturated heterocycles. The third-order valence-corrected chi connectivity index (χ3v) is 1.42. The first-order valence-electron chi connectivity index (χ1n) is 3.97. The van der Waals surface area contributed by atoms with Crippen molar-refractivity contribution in [2.45, 2.75) is 25.8 Å². The molecular weight excluding hydrogens is 144 g/mol. The van der Waals surface area contributed by atoms with Gasteiger partial charge >= 0.3 is 0 Å². The maximum atomic E-state index is 10.9. The van der Waals surface area contributed by atoms with Gasteiger partial charge in [-0.2, -0.15) is 5.48 Å². The van der Waals surface area contributed by atoms with Gasteiger partial charge in [-0.05, 0) is 19.8 Å². The maximum absolute atomic E-state index is 10.9. The Bertz CT molecular complexity index is 134. The Morgan fingerprint density at radius 1 is 1.64 bits per heavy atom. The molecule has 1 saturated carbocycles. The van der Waals surface area contributed by atoms with Gasteiger partial charge in [0, 0.05) is 6.04 Å². The van der Waals surface area contributed by atoms with Crippen molar-refractivity contribution in [3.63, 3.8) is 0 Å². The van der Waals surface area contributed by atoms with E-state index < -0.39 is 0 Å². The lowest BCUT2D eigenvalue weighted by molar-refractivity contribution is -0.122. The molecule has 0 aromatic heterocycles.